The predicted molar refractivity (Wildman–Crippen MR) is 45.6 cm³/mol. The van der Waals surface area contributed by atoms with E-state index in [1.165, 1.54) is 5.56 Å². The van der Waals surface area contributed by atoms with Crippen LogP contribution in [-0.4, -0.2) is 0 Å². The summed E-state index contributed by atoms with van der Waals surface area (Å²) in [5, 5.41) is 0. The van der Waals surface area contributed by atoms with Crippen LogP contribution in [-0.2, 0) is 0 Å². The summed E-state index contributed by atoms with van der Waals surface area (Å²) < 4.78 is 0. The van der Waals surface area contributed by atoms with Crippen molar-refractivity contribution < 1.29 is 0 Å². The first-order chi connectivity index (χ1) is 4.83. The third kappa shape index (κ3) is 1.62. The van der Waals surface area contributed by atoms with Gasteiger partial charge in [0.25, 0.3) is 0 Å². The quantitative estimate of drug-likeness (QED) is 0.584. The lowest BCUT2D eigenvalue weighted by Crippen LogP contribution is -1.82. The molecule has 0 heterocycles. The molecule has 0 fully saturated rings. The van der Waals surface area contributed by atoms with E-state index >= 15 is 0 Å². The van der Waals surface area contributed by atoms with Crippen molar-refractivity contribution in [2.75, 3.05) is 5.73 Å². The van der Waals surface area contributed by atoms with Crippen molar-refractivity contribution in [1.82, 2.24) is 0 Å². The standard InChI is InChI=1S/C9H11N/c1-2-3-8-4-6-9(10)7-5-8/h2-7H,10H2,1H3/b3-2-. The first-order valence-electron chi connectivity index (χ1n) is 3.31. The number of nitrogen functional groups attached to an aromatic ring is 1. The van der Waals surface area contributed by atoms with Crippen LogP contribution >= 0.6 is 0 Å². The van der Waals surface area contributed by atoms with Gasteiger partial charge in [-0.3, -0.25) is 0 Å². The molecule has 1 heteroatoms. The van der Waals surface area contributed by atoms with Gasteiger partial charge in [0.2, 0.25) is 0 Å². The maximum Gasteiger partial charge on any atom is 0.0314 e. The van der Waals surface area contributed by atoms with Crippen LogP contribution in [0.25, 0.3) is 6.08 Å². The van der Waals surface area contributed by atoms with Crippen molar-refractivity contribution in [3.8, 4) is 0 Å². The van der Waals surface area contributed by atoms with Crippen LogP contribution in [0.3, 0.4) is 0 Å². The molecule has 0 saturated heterocycles. The Bertz CT molecular complexity index is 221. The predicted octanol–water partition coefficient (Wildman–Crippen LogP) is 2.30. The van der Waals surface area contributed by atoms with E-state index in [0.29, 0.717) is 0 Å². The molecule has 52 valence electrons. The molecular formula is C9H11N. The molecule has 0 aromatic heterocycles. The van der Waals surface area contributed by atoms with E-state index < -0.39 is 0 Å². The Hall–Kier alpha value is -1.24. The second-order valence-corrected chi connectivity index (χ2v) is 2.17. The minimum atomic E-state index is 0.813. The van der Waals surface area contributed by atoms with Crippen molar-refractivity contribution in [3.63, 3.8) is 0 Å². The van der Waals surface area contributed by atoms with E-state index in [-0.39, 0.29) is 0 Å². The van der Waals surface area contributed by atoms with Gasteiger partial charge < -0.3 is 5.73 Å². The monoisotopic (exact) mass is 133 g/mol. The van der Waals surface area contributed by atoms with Gasteiger partial charge in [0.15, 0.2) is 0 Å². The highest BCUT2D eigenvalue weighted by molar-refractivity contribution is 5.52. The van der Waals surface area contributed by atoms with Gasteiger partial charge >= 0.3 is 0 Å². The van der Waals surface area contributed by atoms with Crippen molar-refractivity contribution >= 4 is 11.8 Å². The molecule has 0 aliphatic rings. The van der Waals surface area contributed by atoms with Crippen molar-refractivity contribution in [2.24, 2.45) is 0 Å². The van der Waals surface area contributed by atoms with Gasteiger partial charge in [0.1, 0.15) is 0 Å². The van der Waals surface area contributed by atoms with E-state index in [2.05, 4.69) is 0 Å². The Morgan fingerprint density at radius 2 is 1.80 bits per heavy atom. The molecule has 1 aromatic rings. The van der Waals surface area contributed by atoms with E-state index in [4.69, 9.17) is 5.73 Å². The summed E-state index contributed by atoms with van der Waals surface area (Å²) in [5.41, 5.74) is 7.50. The fraction of sp³-hybridized carbons (Fsp3) is 0.111. The Balaban J connectivity index is 2.89. The van der Waals surface area contributed by atoms with Crippen molar-refractivity contribution in [1.29, 1.82) is 0 Å². The smallest absolute Gasteiger partial charge is 0.0314 e. The SMILES string of the molecule is C/C=C\c1ccc(N)cc1. The third-order valence-electron chi connectivity index (χ3n) is 1.30. The molecule has 10 heavy (non-hydrogen) atoms. The summed E-state index contributed by atoms with van der Waals surface area (Å²) in [5.74, 6) is 0. The maximum absolute atomic E-state index is 5.50. The number of rotatable bonds is 1. The number of allylic oxidation sites excluding steroid dienone is 1. The molecule has 0 aliphatic heterocycles. The minimum absolute atomic E-state index is 0.813. The molecule has 0 amide bonds. The average Bonchev–Trinajstić information content (AvgIpc) is 1.95. The van der Waals surface area contributed by atoms with Gasteiger partial charge in [0.05, 0.1) is 0 Å². The zero-order chi connectivity index (χ0) is 7.40. The highest BCUT2D eigenvalue weighted by atomic mass is 14.5. The summed E-state index contributed by atoms with van der Waals surface area (Å²) in [6.45, 7) is 2.00. The van der Waals surface area contributed by atoms with Gasteiger partial charge in [-0.1, -0.05) is 24.3 Å². The molecule has 0 bridgehead atoms. The molecule has 1 rings (SSSR count). The second-order valence-electron chi connectivity index (χ2n) is 2.17. The Morgan fingerprint density at radius 1 is 1.20 bits per heavy atom. The molecule has 1 aromatic carbocycles. The van der Waals surface area contributed by atoms with Crippen LogP contribution in [0.5, 0.6) is 0 Å². The zero-order valence-electron chi connectivity index (χ0n) is 6.04. The molecule has 0 atom stereocenters. The lowest BCUT2D eigenvalue weighted by atomic mass is 10.2. The van der Waals surface area contributed by atoms with Crippen molar-refractivity contribution in [2.45, 2.75) is 6.92 Å². The highest BCUT2D eigenvalue weighted by Crippen LogP contribution is 2.06. The Labute approximate surface area is 61.2 Å². The van der Waals surface area contributed by atoms with Gasteiger partial charge in [0, 0.05) is 5.69 Å². The zero-order valence-corrected chi connectivity index (χ0v) is 6.04. The largest absolute Gasteiger partial charge is 0.399 e. The summed E-state index contributed by atoms with van der Waals surface area (Å²) >= 11 is 0. The van der Waals surface area contributed by atoms with Crippen LogP contribution < -0.4 is 5.73 Å². The number of hydrogen-bond acceptors (Lipinski definition) is 1. The number of anilines is 1. The van der Waals surface area contributed by atoms with Crippen LogP contribution in [0.1, 0.15) is 12.5 Å². The number of nitrogens with two attached hydrogens (primary N) is 1. The topological polar surface area (TPSA) is 26.0 Å². The summed E-state index contributed by atoms with van der Waals surface area (Å²) in [7, 11) is 0. The van der Waals surface area contributed by atoms with E-state index in [9.17, 15) is 0 Å². The molecular weight excluding hydrogens is 122 g/mol. The van der Waals surface area contributed by atoms with Crippen LogP contribution in [0, 0.1) is 0 Å². The van der Waals surface area contributed by atoms with E-state index in [1.807, 2.05) is 43.3 Å². The lowest BCUT2D eigenvalue weighted by Gasteiger charge is -1.92. The molecule has 0 saturated carbocycles. The van der Waals surface area contributed by atoms with Crippen LogP contribution in [0.15, 0.2) is 30.3 Å². The summed E-state index contributed by atoms with van der Waals surface area (Å²) in [6.07, 6.45) is 4.05. The van der Waals surface area contributed by atoms with Gasteiger partial charge in [-0.05, 0) is 24.6 Å². The van der Waals surface area contributed by atoms with Crippen LogP contribution in [0.2, 0.25) is 0 Å². The normalized spacial score (nSPS) is 10.5. The van der Waals surface area contributed by atoms with Gasteiger partial charge in [-0.25, -0.2) is 0 Å². The second kappa shape index (κ2) is 3.06. The van der Waals surface area contributed by atoms with E-state index in [0.717, 1.165) is 5.69 Å². The summed E-state index contributed by atoms with van der Waals surface area (Å²) in [6, 6.07) is 7.79. The fourth-order valence-electron chi connectivity index (χ4n) is 0.800. The summed E-state index contributed by atoms with van der Waals surface area (Å²) in [4.78, 5) is 0. The Kier molecular flexibility index (Phi) is 2.11. The van der Waals surface area contributed by atoms with E-state index in [1.54, 1.807) is 0 Å². The molecule has 0 spiro atoms. The third-order valence-corrected chi connectivity index (χ3v) is 1.30. The number of hydrogen-bond donors (Lipinski definition) is 1. The molecule has 0 unspecified atom stereocenters. The van der Waals surface area contributed by atoms with Crippen LogP contribution in [0.4, 0.5) is 5.69 Å². The highest BCUT2D eigenvalue weighted by Gasteiger charge is 1.83. The Morgan fingerprint density at radius 3 is 2.30 bits per heavy atom. The number of benzene rings is 1. The van der Waals surface area contributed by atoms with Gasteiger partial charge in [-0.15, -0.1) is 0 Å². The lowest BCUT2D eigenvalue weighted by molar-refractivity contribution is 1.63. The van der Waals surface area contributed by atoms with Gasteiger partial charge in [-0.2, -0.15) is 0 Å². The molecule has 0 radical (unpaired) electrons. The first kappa shape index (κ1) is 6.87. The van der Waals surface area contributed by atoms with Crippen molar-refractivity contribution in [3.05, 3.63) is 35.9 Å². The fourth-order valence-corrected chi connectivity index (χ4v) is 0.800. The molecule has 0 aliphatic carbocycles. The molecule has 2 N–H and O–H groups in total. The molecule has 1 nitrogen and oxygen atoms in total. The average molecular weight is 133 g/mol. The first-order valence-corrected chi connectivity index (χ1v) is 3.31. The maximum atomic E-state index is 5.50. The minimum Gasteiger partial charge on any atom is -0.399 e.